The Morgan fingerprint density at radius 2 is 2.25 bits per heavy atom. The van der Waals surface area contributed by atoms with Crippen LogP contribution in [0.1, 0.15) is 15.4 Å². The third kappa shape index (κ3) is 2.61. The number of nitrogens with zero attached hydrogens (tertiary/aromatic N) is 3. The summed E-state index contributed by atoms with van der Waals surface area (Å²) < 4.78 is 0.691. The summed E-state index contributed by atoms with van der Waals surface area (Å²) in [5, 5.41) is 11.6. The normalized spacial score (nSPS) is 10.1. The molecule has 0 unspecified atom stereocenters. The fourth-order valence-corrected chi connectivity index (χ4v) is 1.85. The van der Waals surface area contributed by atoms with Gasteiger partial charge in [-0.1, -0.05) is 11.3 Å². The number of rotatable bonds is 2. The third-order valence-electron chi connectivity index (χ3n) is 1.74. The van der Waals surface area contributed by atoms with Crippen molar-refractivity contribution in [1.82, 2.24) is 15.2 Å². The van der Waals surface area contributed by atoms with E-state index in [2.05, 4.69) is 36.4 Å². The first kappa shape index (κ1) is 11.2. The van der Waals surface area contributed by atoms with Gasteiger partial charge in [0, 0.05) is 6.20 Å². The Bertz CT molecular complexity index is 510. The molecular formula is C9H7BrN4OS. The molecule has 0 aliphatic heterocycles. The van der Waals surface area contributed by atoms with Crippen LogP contribution in [0.5, 0.6) is 0 Å². The molecule has 1 N–H and O–H groups in total. The molecule has 0 aliphatic carbocycles. The van der Waals surface area contributed by atoms with Crippen LogP contribution in [0, 0.1) is 6.92 Å². The molecule has 0 radical (unpaired) electrons. The first-order valence-electron chi connectivity index (χ1n) is 4.38. The largest absolute Gasteiger partial charge is 0.296 e. The minimum atomic E-state index is -0.240. The zero-order valence-electron chi connectivity index (χ0n) is 8.27. The Hall–Kier alpha value is -1.34. The third-order valence-corrected chi connectivity index (χ3v) is 2.96. The number of aromatic nitrogens is 3. The molecule has 0 aromatic carbocycles. The highest BCUT2D eigenvalue weighted by Gasteiger charge is 2.08. The van der Waals surface area contributed by atoms with Crippen molar-refractivity contribution in [3.8, 4) is 0 Å². The first-order chi connectivity index (χ1) is 7.65. The van der Waals surface area contributed by atoms with E-state index in [1.165, 1.54) is 17.5 Å². The Morgan fingerprint density at radius 1 is 1.44 bits per heavy atom. The van der Waals surface area contributed by atoms with E-state index in [0.717, 1.165) is 5.01 Å². The van der Waals surface area contributed by atoms with Crippen molar-refractivity contribution in [2.45, 2.75) is 6.92 Å². The summed E-state index contributed by atoms with van der Waals surface area (Å²) in [6, 6.07) is 3.39. The average Bonchev–Trinajstić information content (AvgIpc) is 2.65. The minimum absolute atomic E-state index is 0.240. The van der Waals surface area contributed by atoms with E-state index in [1.54, 1.807) is 12.1 Å². The Kier molecular flexibility index (Phi) is 3.25. The Labute approximate surface area is 104 Å². The van der Waals surface area contributed by atoms with Gasteiger partial charge in [-0.15, -0.1) is 10.2 Å². The number of nitrogens with one attached hydrogen (secondary N) is 1. The molecule has 0 atom stereocenters. The number of hydrogen-bond donors (Lipinski definition) is 1. The van der Waals surface area contributed by atoms with Crippen molar-refractivity contribution in [2.75, 3.05) is 5.32 Å². The van der Waals surface area contributed by atoms with Crippen LogP contribution < -0.4 is 5.32 Å². The lowest BCUT2D eigenvalue weighted by atomic mass is 10.3. The lowest BCUT2D eigenvalue weighted by Crippen LogP contribution is -2.11. The van der Waals surface area contributed by atoms with Gasteiger partial charge in [-0.2, -0.15) is 0 Å². The first-order valence-corrected chi connectivity index (χ1v) is 5.99. The maximum atomic E-state index is 11.7. The number of pyridine rings is 1. The fraction of sp³-hybridized carbons (Fsp3) is 0.111. The van der Waals surface area contributed by atoms with Crippen molar-refractivity contribution in [3.63, 3.8) is 0 Å². The molecule has 82 valence electrons. The van der Waals surface area contributed by atoms with Gasteiger partial charge in [0.25, 0.3) is 5.91 Å². The zero-order valence-corrected chi connectivity index (χ0v) is 10.7. The molecule has 2 aromatic rings. The van der Waals surface area contributed by atoms with E-state index < -0.39 is 0 Å². The number of carbonyl (C=O) groups is 1. The second-order valence-corrected chi connectivity index (χ2v) is 4.94. The maximum Gasteiger partial charge on any atom is 0.259 e. The molecule has 0 aliphatic rings. The van der Waals surface area contributed by atoms with Gasteiger partial charge in [-0.3, -0.25) is 10.1 Å². The number of anilines is 1. The molecular weight excluding hydrogens is 292 g/mol. The van der Waals surface area contributed by atoms with Crippen molar-refractivity contribution >= 4 is 38.3 Å². The number of aryl methyl sites for hydroxylation is 1. The van der Waals surface area contributed by atoms with Gasteiger partial charge >= 0.3 is 0 Å². The van der Waals surface area contributed by atoms with Crippen molar-refractivity contribution in [3.05, 3.63) is 33.5 Å². The van der Waals surface area contributed by atoms with Gasteiger partial charge in [0.15, 0.2) is 0 Å². The van der Waals surface area contributed by atoms with Crippen LogP contribution >= 0.6 is 27.3 Å². The van der Waals surface area contributed by atoms with Crippen LogP contribution in [0.2, 0.25) is 0 Å². The van der Waals surface area contributed by atoms with E-state index in [0.29, 0.717) is 15.3 Å². The van der Waals surface area contributed by atoms with E-state index in [-0.39, 0.29) is 5.91 Å². The summed E-state index contributed by atoms with van der Waals surface area (Å²) in [7, 11) is 0. The number of hydrogen-bond acceptors (Lipinski definition) is 5. The molecule has 0 fully saturated rings. The van der Waals surface area contributed by atoms with Crippen LogP contribution in [-0.4, -0.2) is 21.1 Å². The summed E-state index contributed by atoms with van der Waals surface area (Å²) in [4.78, 5) is 15.7. The van der Waals surface area contributed by atoms with E-state index in [9.17, 15) is 4.79 Å². The fourth-order valence-electron chi connectivity index (χ4n) is 1.03. The maximum absolute atomic E-state index is 11.7. The van der Waals surface area contributed by atoms with Crippen LogP contribution in [0.4, 0.5) is 5.13 Å². The molecule has 2 heterocycles. The smallest absolute Gasteiger partial charge is 0.259 e. The minimum Gasteiger partial charge on any atom is -0.296 e. The Morgan fingerprint density at radius 3 is 2.81 bits per heavy atom. The topological polar surface area (TPSA) is 67.8 Å². The number of halogens is 1. The molecule has 1 amide bonds. The van der Waals surface area contributed by atoms with E-state index in [1.807, 2.05) is 6.92 Å². The summed E-state index contributed by atoms with van der Waals surface area (Å²) in [5.41, 5.74) is 0.482. The molecule has 0 spiro atoms. The van der Waals surface area contributed by atoms with Gasteiger partial charge in [0.1, 0.15) is 9.61 Å². The number of amides is 1. The van der Waals surface area contributed by atoms with Crippen LogP contribution in [0.25, 0.3) is 0 Å². The van der Waals surface area contributed by atoms with Gasteiger partial charge in [0.05, 0.1) is 5.56 Å². The van der Waals surface area contributed by atoms with Crippen molar-refractivity contribution < 1.29 is 4.79 Å². The monoisotopic (exact) mass is 298 g/mol. The highest BCUT2D eigenvalue weighted by Crippen LogP contribution is 2.15. The second-order valence-electron chi connectivity index (χ2n) is 2.95. The van der Waals surface area contributed by atoms with Crippen molar-refractivity contribution in [1.29, 1.82) is 0 Å². The standard InChI is InChI=1S/C9H7BrN4OS/c1-5-13-14-9(16-5)12-8(15)6-2-3-7(10)11-4-6/h2-4H,1H3,(H,12,14,15). The van der Waals surface area contributed by atoms with E-state index in [4.69, 9.17) is 0 Å². The van der Waals surface area contributed by atoms with Gasteiger partial charge in [-0.05, 0) is 35.0 Å². The highest BCUT2D eigenvalue weighted by molar-refractivity contribution is 9.10. The number of carbonyl (C=O) groups excluding carboxylic acids is 1. The zero-order chi connectivity index (χ0) is 11.5. The van der Waals surface area contributed by atoms with Gasteiger partial charge < -0.3 is 0 Å². The quantitative estimate of drug-likeness (QED) is 0.864. The van der Waals surface area contributed by atoms with E-state index >= 15 is 0 Å². The van der Waals surface area contributed by atoms with Crippen LogP contribution in [0.3, 0.4) is 0 Å². The highest BCUT2D eigenvalue weighted by atomic mass is 79.9. The molecule has 0 saturated heterocycles. The molecule has 2 aromatic heterocycles. The van der Waals surface area contributed by atoms with Gasteiger partial charge in [0.2, 0.25) is 5.13 Å². The molecule has 0 bridgehead atoms. The molecule has 16 heavy (non-hydrogen) atoms. The predicted molar refractivity (Wildman–Crippen MR) is 64.5 cm³/mol. The predicted octanol–water partition coefficient (Wildman–Crippen LogP) is 2.26. The van der Waals surface area contributed by atoms with Crippen LogP contribution in [0.15, 0.2) is 22.9 Å². The summed E-state index contributed by atoms with van der Waals surface area (Å²) >= 11 is 4.53. The summed E-state index contributed by atoms with van der Waals surface area (Å²) in [5.74, 6) is -0.240. The summed E-state index contributed by atoms with van der Waals surface area (Å²) in [6.07, 6.45) is 1.49. The molecule has 2 rings (SSSR count). The molecule has 0 saturated carbocycles. The lowest BCUT2D eigenvalue weighted by Gasteiger charge is -1.99. The molecule has 7 heteroatoms. The average molecular weight is 299 g/mol. The van der Waals surface area contributed by atoms with Crippen molar-refractivity contribution in [2.24, 2.45) is 0 Å². The lowest BCUT2D eigenvalue weighted by molar-refractivity contribution is 0.102. The Balaban J connectivity index is 2.11. The summed E-state index contributed by atoms with van der Waals surface area (Å²) in [6.45, 7) is 1.83. The second kappa shape index (κ2) is 4.67. The SMILES string of the molecule is Cc1nnc(NC(=O)c2ccc(Br)nc2)s1. The molecule has 5 nitrogen and oxygen atoms in total. The van der Waals surface area contributed by atoms with Gasteiger partial charge in [-0.25, -0.2) is 4.98 Å². The van der Waals surface area contributed by atoms with Crippen LogP contribution in [-0.2, 0) is 0 Å².